The molecule has 100 valence electrons. The first-order valence-corrected chi connectivity index (χ1v) is 7.27. The van der Waals surface area contributed by atoms with E-state index in [1.54, 1.807) is 0 Å². The van der Waals surface area contributed by atoms with E-state index in [0.717, 1.165) is 19.6 Å². The maximum absolute atomic E-state index is 6.15. The molecule has 1 aliphatic rings. The molecule has 2 nitrogen and oxygen atoms in total. The molecule has 0 aliphatic carbocycles. The van der Waals surface area contributed by atoms with Crippen LogP contribution in [0.4, 0.5) is 0 Å². The summed E-state index contributed by atoms with van der Waals surface area (Å²) in [6, 6.07) is 8.81. The molecule has 1 aliphatic heterocycles. The van der Waals surface area contributed by atoms with Crippen LogP contribution >= 0.6 is 0 Å². The molecule has 1 aromatic carbocycles. The summed E-state index contributed by atoms with van der Waals surface area (Å²) < 4.78 is 0. The minimum atomic E-state index is 0.211. The fraction of sp³-hybridized carbons (Fsp3) is 0.625. The number of hydrogen-bond acceptors (Lipinski definition) is 2. The number of rotatable bonds is 6. The molecule has 0 fully saturated rings. The van der Waals surface area contributed by atoms with Crippen LogP contribution in [0, 0.1) is 0 Å². The minimum absolute atomic E-state index is 0.211. The molecule has 0 atom stereocenters. The van der Waals surface area contributed by atoms with Gasteiger partial charge in [0.25, 0.3) is 0 Å². The van der Waals surface area contributed by atoms with Gasteiger partial charge in [-0.05, 0) is 24.0 Å². The number of hydrogen-bond donors (Lipinski definition) is 1. The quantitative estimate of drug-likeness (QED) is 0.834. The number of nitrogens with zero attached hydrogens (tertiary/aromatic N) is 1. The van der Waals surface area contributed by atoms with Crippen molar-refractivity contribution in [2.75, 3.05) is 6.54 Å². The van der Waals surface area contributed by atoms with E-state index in [1.807, 2.05) is 0 Å². The first-order chi connectivity index (χ1) is 8.75. The summed E-state index contributed by atoms with van der Waals surface area (Å²) in [6.45, 7) is 7.47. The largest absolute Gasteiger partial charge is 0.329 e. The highest BCUT2D eigenvalue weighted by Gasteiger charge is 2.36. The summed E-state index contributed by atoms with van der Waals surface area (Å²) in [4.78, 5) is 2.62. The Morgan fingerprint density at radius 2 is 1.56 bits per heavy atom. The lowest BCUT2D eigenvalue weighted by atomic mass is 9.87. The van der Waals surface area contributed by atoms with Gasteiger partial charge >= 0.3 is 0 Å². The molecule has 0 saturated heterocycles. The average molecular weight is 246 g/mol. The van der Waals surface area contributed by atoms with Crippen molar-refractivity contribution in [1.82, 2.24) is 4.90 Å². The van der Waals surface area contributed by atoms with Crippen LogP contribution in [0.5, 0.6) is 0 Å². The summed E-state index contributed by atoms with van der Waals surface area (Å²) in [7, 11) is 0. The van der Waals surface area contributed by atoms with Crippen LogP contribution < -0.4 is 5.73 Å². The second-order valence-electron chi connectivity index (χ2n) is 5.55. The van der Waals surface area contributed by atoms with Crippen molar-refractivity contribution in [2.45, 2.75) is 58.2 Å². The van der Waals surface area contributed by atoms with Crippen LogP contribution in [0.2, 0.25) is 0 Å². The Morgan fingerprint density at radius 3 is 1.94 bits per heavy atom. The highest BCUT2D eigenvalue weighted by atomic mass is 15.2. The molecule has 0 aromatic heterocycles. The summed E-state index contributed by atoms with van der Waals surface area (Å²) >= 11 is 0. The Morgan fingerprint density at radius 1 is 1.06 bits per heavy atom. The van der Waals surface area contributed by atoms with Gasteiger partial charge in [-0.15, -0.1) is 0 Å². The van der Waals surface area contributed by atoms with Crippen molar-refractivity contribution in [3.8, 4) is 0 Å². The maximum Gasteiger partial charge on any atom is 0.0338 e. The van der Waals surface area contributed by atoms with E-state index < -0.39 is 0 Å². The molecular weight excluding hydrogens is 220 g/mol. The SMILES string of the molecule is CCCC(CN)(CCC)N1Cc2ccccc2C1. The van der Waals surface area contributed by atoms with Crippen LogP contribution in [-0.4, -0.2) is 17.0 Å². The second kappa shape index (κ2) is 5.85. The van der Waals surface area contributed by atoms with Crippen LogP contribution in [0.3, 0.4) is 0 Å². The monoisotopic (exact) mass is 246 g/mol. The van der Waals surface area contributed by atoms with Gasteiger partial charge in [-0.3, -0.25) is 4.90 Å². The van der Waals surface area contributed by atoms with Gasteiger partial charge in [0.2, 0.25) is 0 Å². The third-order valence-electron chi connectivity index (χ3n) is 4.32. The molecule has 0 saturated carbocycles. The van der Waals surface area contributed by atoms with Gasteiger partial charge < -0.3 is 5.73 Å². The molecule has 0 unspecified atom stereocenters. The minimum Gasteiger partial charge on any atom is -0.329 e. The van der Waals surface area contributed by atoms with Gasteiger partial charge in [0, 0.05) is 25.2 Å². The van der Waals surface area contributed by atoms with Crippen molar-refractivity contribution in [1.29, 1.82) is 0 Å². The predicted octanol–water partition coefficient (Wildman–Crippen LogP) is 3.30. The van der Waals surface area contributed by atoms with Gasteiger partial charge in [-0.2, -0.15) is 0 Å². The summed E-state index contributed by atoms with van der Waals surface area (Å²) in [5, 5.41) is 0. The van der Waals surface area contributed by atoms with E-state index in [4.69, 9.17) is 5.73 Å². The van der Waals surface area contributed by atoms with Crippen LogP contribution in [0.15, 0.2) is 24.3 Å². The van der Waals surface area contributed by atoms with E-state index in [9.17, 15) is 0 Å². The van der Waals surface area contributed by atoms with E-state index in [2.05, 4.69) is 43.0 Å². The van der Waals surface area contributed by atoms with Crippen molar-refractivity contribution in [3.63, 3.8) is 0 Å². The van der Waals surface area contributed by atoms with Gasteiger partial charge in [-0.1, -0.05) is 51.0 Å². The highest BCUT2D eigenvalue weighted by Crippen LogP contribution is 2.34. The molecule has 0 radical (unpaired) electrons. The molecule has 0 spiro atoms. The Bertz CT molecular complexity index is 355. The Labute approximate surface area is 111 Å². The smallest absolute Gasteiger partial charge is 0.0338 e. The molecule has 1 heterocycles. The van der Waals surface area contributed by atoms with E-state index in [0.29, 0.717) is 0 Å². The van der Waals surface area contributed by atoms with Crippen LogP contribution in [-0.2, 0) is 13.1 Å². The van der Waals surface area contributed by atoms with E-state index >= 15 is 0 Å². The van der Waals surface area contributed by atoms with E-state index in [1.165, 1.54) is 36.8 Å². The lowest BCUT2D eigenvalue weighted by Gasteiger charge is -2.41. The van der Waals surface area contributed by atoms with Crippen molar-refractivity contribution in [2.24, 2.45) is 5.73 Å². The molecule has 18 heavy (non-hydrogen) atoms. The number of benzene rings is 1. The second-order valence-corrected chi connectivity index (χ2v) is 5.55. The third kappa shape index (κ3) is 2.45. The molecule has 0 bridgehead atoms. The van der Waals surface area contributed by atoms with Crippen molar-refractivity contribution in [3.05, 3.63) is 35.4 Å². The zero-order valence-electron chi connectivity index (χ0n) is 11.8. The summed E-state index contributed by atoms with van der Waals surface area (Å²) in [5.41, 5.74) is 9.34. The molecule has 2 heteroatoms. The average Bonchev–Trinajstić information content (AvgIpc) is 2.82. The Balaban J connectivity index is 2.19. The fourth-order valence-electron chi connectivity index (χ4n) is 3.37. The standard InChI is InChI=1S/C16H26N2/c1-3-9-16(13-17,10-4-2)18-11-14-7-5-6-8-15(14)12-18/h5-8H,3-4,9-13,17H2,1-2H3. The molecule has 2 N–H and O–H groups in total. The Hall–Kier alpha value is -0.860. The van der Waals surface area contributed by atoms with E-state index in [-0.39, 0.29) is 5.54 Å². The lowest BCUT2D eigenvalue weighted by molar-refractivity contribution is 0.0714. The molecule has 1 aromatic rings. The van der Waals surface area contributed by atoms with Gasteiger partial charge in [0.1, 0.15) is 0 Å². The first kappa shape index (κ1) is 13.6. The molecule has 2 rings (SSSR count). The number of nitrogens with two attached hydrogens (primary N) is 1. The molecular formula is C16H26N2. The zero-order chi connectivity index (χ0) is 13.0. The van der Waals surface area contributed by atoms with Crippen LogP contribution in [0.25, 0.3) is 0 Å². The number of fused-ring (bicyclic) bond motifs is 1. The molecule has 0 amide bonds. The van der Waals surface area contributed by atoms with Crippen LogP contribution in [0.1, 0.15) is 50.7 Å². The highest BCUT2D eigenvalue weighted by molar-refractivity contribution is 5.31. The Kier molecular flexibility index (Phi) is 4.41. The topological polar surface area (TPSA) is 29.3 Å². The van der Waals surface area contributed by atoms with Gasteiger partial charge in [0.05, 0.1) is 0 Å². The third-order valence-corrected chi connectivity index (χ3v) is 4.32. The fourth-order valence-corrected chi connectivity index (χ4v) is 3.37. The lowest BCUT2D eigenvalue weighted by Crippen LogP contribution is -2.51. The van der Waals surface area contributed by atoms with Gasteiger partial charge in [-0.25, -0.2) is 0 Å². The van der Waals surface area contributed by atoms with Gasteiger partial charge in [0.15, 0.2) is 0 Å². The summed E-state index contributed by atoms with van der Waals surface area (Å²) in [5.74, 6) is 0. The summed E-state index contributed by atoms with van der Waals surface area (Å²) in [6.07, 6.45) is 4.85. The maximum atomic E-state index is 6.15. The normalized spacial score (nSPS) is 15.9. The first-order valence-electron chi connectivity index (χ1n) is 7.27. The van der Waals surface area contributed by atoms with Crippen molar-refractivity contribution >= 4 is 0 Å². The van der Waals surface area contributed by atoms with Crippen molar-refractivity contribution < 1.29 is 0 Å². The predicted molar refractivity (Wildman–Crippen MR) is 77.3 cm³/mol. The zero-order valence-corrected chi connectivity index (χ0v) is 11.8.